The minimum Gasteiger partial charge on any atom is -0.756 e. The number of hydrogen-bond donors (Lipinski definition) is 0. The molecule has 8 heteroatoms. The lowest BCUT2D eigenvalue weighted by atomic mass is 10.0. The molecule has 0 aliphatic carbocycles. The van der Waals surface area contributed by atoms with Crippen molar-refractivity contribution in [1.82, 2.24) is 0 Å². The molecule has 0 aliphatic rings. The fourth-order valence-corrected chi connectivity index (χ4v) is 6.64. The van der Waals surface area contributed by atoms with Crippen molar-refractivity contribution in [2.75, 3.05) is 47.5 Å². The molecule has 1 unspecified atom stereocenters. The maximum atomic E-state index is 12.3. The Labute approximate surface area is 323 Å². The van der Waals surface area contributed by atoms with E-state index < -0.39 is 13.9 Å². The fraction of sp³-hybridized carbons (Fsp3) is 0.864. The molecule has 0 bridgehead atoms. The lowest BCUT2D eigenvalue weighted by molar-refractivity contribution is -0.870. The van der Waals surface area contributed by atoms with Gasteiger partial charge < -0.3 is 27.9 Å². The second kappa shape index (κ2) is 38.2. The second-order valence-corrected chi connectivity index (χ2v) is 17.2. The smallest absolute Gasteiger partial charge is 0.268 e. The second-order valence-electron chi connectivity index (χ2n) is 15.8. The molecule has 0 heterocycles. The van der Waals surface area contributed by atoms with E-state index in [4.69, 9.17) is 18.5 Å². The highest BCUT2D eigenvalue weighted by atomic mass is 31.2. The predicted octanol–water partition coefficient (Wildman–Crippen LogP) is 13.1. The third kappa shape index (κ3) is 41.6. The number of nitrogens with zero attached hydrogens (tertiary/aromatic N) is 1. The normalized spacial score (nSPS) is 14.2. The Kier molecular flexibility index (Phi) is 37.4. The van der Waals surface area contributed by atoms with Gasteiger partial charge in [-0.3, -0.25) is 4.57 Å². The minimum atomic E-state index is -4.43. The summed E-state index contributed by atoms with van der Waals surface area (Å²) in [7, 11) is 1.52. The maximum Gasteiger partial charge on any atom is 0.268 e. The third-order valence-electron chi connectivity index (χ3n) is 9.38. The van der Waals surface area contributed by atoms with Crippen LogP contribution in [0.3, 0.4) is 0 Å². The summed E-state index contributed by atoms with van der Waals surface area (Å²) in [6, 6.07) is 0. The molecule has 0 aromatic carbocycles. The summed E-state index contributed by atoms with van der Waals surface area (Å²) >= 11 is 0. The summed E-state index contributed by atoms with van der Waals surface area (Å²) in [6.07, 6.45) is 47.8. The lowest BCUT2D eigenvalue weighted by Gasteiger charge is -2.28. The highest BCUT2D eigenvalue weighted by molar-refractivity contribution is 7.45. The zero-order valence-electron chi connectivity index (χ0n) is 35.0. The van der Waals surface area contributed by atoms with Crippen molar-refractivity contribution in [2.45, 2.75) is 200 Å². The summed E-state index contributed by atoms with van der Waals surface area (Å²) in [5, 5.41) is 0. The Morgan fingerprint density at radius 2 is 0.904 bits per heavy atom. The van der Waals surface area contributed by atoms with Gasteiger partial charge in [0.25, 0.3) is 7.82 Å². The van der Waals surface area contributed by atoms with Crippen LogP contribution in [0.5, 0.6) is 0 Å². The highest BCUT2D eigenvalue weighted by Crippen LogP contribution is 2.38. The lowest BCUT2D eigenvalue weighted by Crippen LogP contribution is -2.37. The van der Waals surface area contributed by atoms with Gasteiger partial charge in [0.15, 0.2) is 6.10 Å². The van der Waals surface area contributed by atoms with Crippen LogP contribution < -0.4 is 4.89 Å². The van der Waals surface area contributed by atoms with Crippen molar-refractivity contribution in [3.8, 4) is 0 Å². The van der Waals surface area contributed by atoms with Crippen molar-refractivity contribution in [2.24, 2.45) is 0 Å². The maximum absolute atomic E-state index is 12.3. The van der Waals surface area contributed by atoms with Gasteiger partial charge in [0.2, 0.25) is 0 Å². The molecule has 0 radical (unpaired) electrons. The molecule has 52 heavy (non-hydrogen) atoms. The van der Waals surface area contributed by atoms with Crippen LogP contribution in [0.25, 0.3) is 0 Å². The number of allylic oxidation sites excluding steroid dienone is 4. The number of phosphoric ester groups is 1. The van der Waals surface area contributed by atoms with E-state index in [-0.39, 0.29) is 19.8 Å². The number of ether oxygens (including phenoxy) is 2. The van der Waals surface area contributed by atoms with Crippen LogP contribution in [0.2, 0.25) is 0 Å². The van der Waals surface area contributed by atoms with E-state index in [0.717, 1.165) is 25.7 Å². The van der Waals surface area contributed by atoms with Gasteiger partial charge in [0.05, 0.1) is 40.3 Å². The monoisotopic (exact) mass is 756 g/mol. The Hall–Kier alpha value is -1.11. The molecule has 0 saturated carbocycles. The summed E-state index contributed by atoms with van der Waals surface area (Å²) in [5.74, 6) is 0. The summed E-state index contributed by atoms with van der Waals surface area (Å²) in [4.78, 5) is 12.3. The largest absolute Gasteiger partial charge is 0.756 e. The Balaban J connectivity index is 4.22. The zero-order valence-corrected chi connectivity index (χ0v) is 35.9. The van der Waals surface area contributed by atoms with Crippen LogP contribution in [0.15, 0.2) is 36.8 Å². The first-order valence-corrected chi connectivity index (χ1v) is 23.3. The number of phosphoric acid groups is 1. The number of quaternary nitrogens is 1. The van der Waals surface area contributed by atoms with Crippen molar-refractivity contribution in [3.05, 3.63) is 36.8 Å². The van der Waals surface area contributed by atoms with Gasteiger partial charge in [-0.05, 0) is 63.5 Å². The molecule has 0 aromatic rings. The summed E-state index contributed by atoms with van der Waals surface area (Å²) in [6.45, 7) is 5.22. The van der Waals surface area contributed by atoms with Crippen molar-refractivity contribution in [3.63, 3.8) is 0 Å². The average molecular weight is 756 g/mol. The molecule has 308 valence electrons. The van der Waals surface area contributed by atoms with E-state index in [1.807, 2.05) is 33.3 Å². The number of hydrogen-bond acceptors (Lipinski definition) is 6. The Morgan fingerprint density at radius 3 is 1.33 bits per heavy atom. The predicted molar refractivity (Wildman–Crippen MR) is 221 cm³/mol. The van der Waals surface area contributed by atoms with Crippen molar-refractivity contribution < 1.29 is 32.5 Å². The number of likely N-dealkylation sites (N-methyl/N-ethyl adjacent to an activating group) is 1. The molecular weight excluding hydrogens is 669 g/mol. The van der Waals surface area contributed by atoms with E-state index >= 15 is 0 Å². The molecule has 7 nitrogen and oxygen atoms in total. The number of rotatable bonds is 41. The molecule has 0 fully saturated rings. The van der Waals surface area contributed by atoms with Gasteiger partial charge in [0, 0.05) is 0 Å². The van der Waals surface area contributed by atoms with E-state index in [0.29, 0.717) is 11.0 Å². The van der Waals surface area contributed by atoms with Crippen LogP contribution in [0.1, 0.15) is 194 Å². The van der Waals surface area contributed by atoms with Gasteiger partial charge in [-0.15, -0.1) is 0 Å². The van der Waals surface area contributed by atoms with Crippen LogP contribution in [-0.2, 0) is 23.1 Å². The standard InChI is InChI=1S/C44H86NO6P/c1-6-8-10-12-14-16-18-20-22-24-26-28-30-32-34-36-39-48-42-44(43-51-52(46,47)50-41-38-45(3,4)5)49-40-37-35-33-31-29-27-25-23-21-19-17-15-13-11-9-7-2/h20,22,36-37,39-40,44H,6-19,21,23-35,38,41-43H2,1-5H3/b22-20-,39-36-,40-37-/t44-/m1/s1. The third-order valence-corrected chi connectivity index (χ3v) is 10.3. The van der Waals surface area contributed by atoms with Gasteiger partial charge in [-0.2, -0.15) is 0 Å². The highest BCUT2D eigenvalue weighted by Gasteiger charge is 2.17. The van der Waals surface area contributed by atoms with Crippen molar-refractivity contribution in [1.29, 1.82) is 0 Å². The quantitative estimate of drug-likeness (QED) is 0.0203. The summed E-state index contributed by atoms with van der Waals surface area (Å²) in [5.41, 5.74) is 0. The van der Waals surface area contributed by atoms with Gasteiger partial charge in [-0.1, -0.05) is 154 Å². The molecule has 0 aromatic heterocycles. The first-order valence-electron chi connectivity index (χ1n) is 21.8. The van der Waals surface area contributed by atoms with Crippen LogP contribution in [0.4, 0.5) is 0 Å². The van der Waals surface area contributed by atoms with Crippen molar-refractivity contribution >= 4 is 7.82 Å². The van der Waals surface area contributed by atoms with Crippen LogP contribution in [0, 0.1) is 0 Å². The van der Waals surface area contributed by atoms with Crippen LogP contribution >= 0.6 is 7.82 Å². The molecular formula is C44H86NO6P. The van der Waals surface area contributed by atoms with Gasteiger partial charge in [-0.25, -0.2) is 0 Å². The average Bonchev–Trinajstić information content (AvgIpc) is 3.10. The molecule has 0 amide bonds. The first kappa shape index (κ1) is 50.9. The Bertz CT molecular complexity index is 871. The Morgan fingerprint density at radius 1 is 0.519 bits per heavy atom. The minimum absolute atomic E-state index is 0.0735. The molecule has 0 N–H and O–H groups in total. The molecule has 0 rings (SSSR count). The molecule has 0 saturated heterocycles. The van der Waals surface area contributed by atoms with E-state index in [9.17, 15) is 9.46 Å². The molecule has 2 atom stereocenters. The summed E-state index contributed by atoms with van der Waals surface area (Å²) < 4.78 is 34.8. The SMILES string of the molecule is CCCCCCCC/C=C\CCCCCC/C=C\OC[C@H](COP(=O)([O-])OCC[N+](C)(C)C)O/C=C\CCCCCCCCCCCCCCCC. The number of unbranched alkanes of at least 4 members (excludes halogenated alkanes) is 25. The van der Waals surface area contributed by atoms with E-state index in [1.54, 1.807) is 12.5 Å². The first-order chi connectivity index (χ1) is 25.2. The van der Waals surface area contributed by atoms with E-state index in [1.165, 1.54) is 154 Å². The van der Waals surface area contributed by atoms with Gasteiger partial charge >= 0.3 is 0 Å². The topological polar surface area (TPSA) is 77.1 Å². The van der Waals surface area contributed by atoms with Crippen LogP contribution in [-0.4, -0.2) is 58.1 Å². The zero-order chi connectivity index (χ0) is 38.3. The molecule has 0 aliphatic heterocycles. The molecule has 0 spiro atoms. The van der Waals surface area contributed by atoms with E-state index in [2.05, 4.69) is 26.0 Å². The fourth-order valence-electron chi connectivity index (χ4n) is 5.91. The van der Waals surface area contributed by atoms with Gasteiger partial charge in [0.1, 0.15) is 19.8 Å².